The van der Waals surface area contributed by atoms with Gasteiger partial charge >= 0.3 is 6.09 Å². The van der Waals surface area contributed by atoms with Crippen LogP contribution in [0.25, 0.3) is 0 Å². The van der Waals surface area contributed by atoms with Crippen LogP contribution in [0.2, 0.25) is 0 Å². The molecule has 0 unspecified atom stereocenters. The van der Waals surface area contributed by atoms with Gasteiger partial charge in [-0.25, -0.2) is 13.2 Å². The van der Waals surface area contributed by atoms with E-state index >= 15 is 0 Å². The van der Waals surface area contributed by atoms with Crippen molar-refractivity contribution in [1.29, 1.82) is 0 Å². The van der Waals surface area contributed by atoms with Crippen molar-refractivity contribution in [2.75, 3.05) is 31.9 Å². The molecule has 1 fully saturated rings. The molecule has 0 atom stereocenters. The number of amides is 2. The van der Waals surface area contributed by atoms with Gasteiger partial charge < -0.3 is 14.5 Å². The molecule has 0 N–H and O–H groups in total. The molecule has 0 spiro atoms. The largest absolute Gasteiger partial charge is 0.444 e. The number of carbonyl (C=O) groups is 2. The summed E-state index contributed by atoms with van der Waals surface area (Å²) in [5.74, 6) is -1.06. The standard InChI is InChI=1S/C17H23BrN2O5S/c1-17(2,3)25-16(22)20-10-8-19(9-11-20)15(21)12-26(23,24)14-7-5-4-6-13(14)18/h4-7H,8-12H2,1-3H3. The lowest BCUT2D eigenvalue weighted by molar-refractivity contribution is -0.130. The molecule has 144 valence electrons. The van der Waals surface area contributed by atoms with Gasteiger partial charge in [0.05, 0.1) is 4.90 Å². The second-order valence-electron chi connectivity index (χ2n) is 7.04. The van der Waals surface area contributed by atoms with Gasteiger partial charge in [-0.2, -0.15) is 0 Å². The van der Waals surface area contributed by atoms with Crippen LogP contribution in [-0.2, 0) is 19.4 Å². The zero-order valence-corrected chi connectivity index (χ0v) is 17.5. The van der Waals surface area contributed by atoms with Crippen LogP contribution >= 0.6 is 15.9 Å². The van der Waals surface area contributed by atoms with Crippen molar-refractivity contribution in [3.05, 3.63) is 28.7 Å². The number of hydrogen-bond acceptors (Lipinski definition) is 5. The Morgan fingerprint density at radius 3 is 2.15 bits per heavy atom. The number of carbonyl (C=O) groups excluding carboxylic acids is 2. The minimum absolute atomic E-state index is 0.0979. The van der Waals surface area contributed by atoms with E-state index in [1.807, 2.05) is 0 Å². The van der Waals surface area contributed by atoms with Crippen LogP contribution in [0.3, 0.4) is 0 Å². The Hall–Kier alpha value is -1.61. The van der Waals surface area contributed by atoms with Crippen molar-refractivity contribution in [2.45, 2.75) is 31.3 Å². The minimum atomic E-state index is -3.74. The number of hydrogen-bond donors (Lipinski definition) is 0. The lowest BCUT2D eigenvalue weighted by Gasteiger charge is -2.35. The number of halogens is 1. The zero-order chi connectivity index (χ0) is 19.5. The highest BCUT2D eigenvalue weighted by Gasteiger charge is 2.30. The highest BCUT2D eigenvalue weighted by Crippen LogP contribution is 2.22. The Morgan fingerprint density at radius 2 is 1.62 bits per heavy atom. The van der Waals surface area contributed by atoms with Gasteiger partial charge in [0.25, 0.3) is 0 Å². The first-order chi connectivity index (χ1) is 12.0. The highest BCUT2D eigenvalue weighted by atomic mass is 79.9. The first-order valence-electron chi connectivity index (χ1n) is 8.22. The minimum Gasteiger partial charge on any atom is -0.444 e. The third kappa shape index (κ3) is 5.44. The molecule has 2 amide bonds. The fourth-order valence-electron chi connectivity index (χ4n) is 2.49. The molecule has 0 bridgehead atoms. The van der Waals surface area contributed by atoms with Crippen LogP contribution in [0, 0.1) is 0 Å². The summed E-state index contributed by atoms with van der Waals surface area (Å²) in [6.07, 6.45) is -0.426. The Labute approximate surface area is 162 Å². The van der Waals surface area contributed by atoms with E-state index in [0.717, 1.165) is 0 Å². The lowest BCUT2D eigenvalue weighted by Crippen LogP contribution is -2.52. The molecule has 0 saturated carbocycles. The van der Waals surface area contributed by atoms with Crippen molar-refractivity contribution in [2.24, 2.45) is 0 Å². The Morgan fingerprint density at radius 1 is 1.08 bits per heavy atom. The van der Waals surface area contributed by atoms with E-state index in [2.05, 4.69) is 15.9 Å². The molecule has 26 heavy (non-hydrogen) atoms. The van der Waals surface area contributed by atoms with Crippen molar-refractivity contribution in [1.82, 2.24) is 9.80 Å². The molecule has 1 aromatic carbocycles. The number of rotatable bonds is 3. The van der Waals surface area contributed by atoms with Gasteiger partial charge in [0.15, 0.2) is 9.84 Å². The maximum atomic E-state index is 12.5. The second-order valence-corrected chi connectivity index (χ2v) is 9.85. The van der Waals surface area contributed by atoms with E-state index < -0.39 is 33.2 Å². The molecule has 0 aromatic heterocycles. The molecule has 1 heterocycles. The number of nitrogens with zero attached hydrogens (tertiary/aromatic N) is 2. The van der Waals surface area contributed by atoms with E-state index in [9.17, 15) is 18.0 Å². The first kappa shape index (κ1) is 20.7. The molecule has 1 aliphatic rings. The average Bonchev–Trinajstić information content (AvgIpc) is 2.53. The number of sulfone groups is 1. The van der Waals surface area contributed by atoms with E-state index in [-0.39, 0.29) is 18.0 Å². The third-order valence-electron chi connectivity index (χ3n) is 3.77. The van der Waals surface area contributed by atoms with E-state index in [0.29, 0.717) is 17.6 Å². The van der Waals surface area contributed by atoms with Gasteiger partial charge in [-0.05, 0) is 48.8 Å². The van der Waals surface area contributed by atoms with Crippen molar-refractivity contribution >= 4 is 37.8 Å². The van der Waals surface area contributed by atoms with Gasteiger partial charge in [0.2, 0.25) is 5.91 Å². The summed E-state index contributed by atoms with van der Waals surface area (Å²) in [7, 11) is -3.74. The van der Waals surface area contributed by atoms with Crippen LogP contribution in [0.1, 0.15) is 20.8 Å². The quantitative estimate of drug-likeness (QED) is 0.710. The van der Waals surface area contributed by atoms with Crippen LogP contribution < -0.4 is 0 Å². The van der Waals surface area contributed by atoms with Crippen LogP contribution in [-0.4, -0.2) is 67.8 Å². The Balaban J connectivity index is 1.95. The molecule has 0 radical (unpaired) electrons. The number of benzene rings is 1. The molecule has 1 aromatic rings. The SMILES string of the molecule is CC(C)(C)OC(=O)N1CCN(C(=O)CS(=O)(=O)c2ccccc2Br)CC1. The van der Waals surface area contributed by atoms with Gasteiger partial charge in [0, 0.05) is 30.7 Å². The van der Waals surface area contributed by atoms with Crippen LogP contribution in [0.15, 0.2) is 33.6 Å². The molecule has 7 nitrogen and oxygen atoms in total. The summed E-state index contributed by atoms with van der Waals surface area (Å²) in [6.45, 7) is 6.56. The summed E-state index contributed by atoms with van der Waals surface area (Å²) in [5.41, 5.74) is -0.582. The first-order valence-corrected chi connectivity index (χ1v) is 10.7. The smallest absolute Gasteiger partial charge is 0.410 e. The Kier molecular flexibility index (Phi) is 6.33. The van der Waals surface area contributed by atoms with E-state index in [1.165, 1.54) is 15.9 Å². The van der Waals surface area contributed by atoms with Crippen molar-refractivity contribution in [3.8, 4) is 0 Å². The molecule has 1 saturated heterocycles. The second kappa shape index (κ2) is 7.96. The number of ether oxygens (including phenoxy) is 1. The van der Waals surface area contributed by atoms with Gasteiger partial charge in [0.1, 0.15) is 11.4 Å². The average molecular weight is 447 g/mol. The molecule has 2 rings (SSSR count). The van der Waals surface area contributed by atoms with Gasteiger partial charge in [-0.1, -0.05) is 12.1 Å². The summed E-state index contributed by atoms with van der Waals surface area (Å²) in [4.78, 5) is 27.5. The summed E-state index contributed by atoms with van der Waals surface area (Å²) >= 11 is 3.20. The predicted octanol–water partition coefficient (Wildman–Crippen LogP) is 2.30. The van der Waals surface area contributed by atoms with E-state index in [4.69, 9.17) is 4.74 Å². The lowest BCUT2D eigenvalue weighted by atomic mass is 10.2. The fourth-order valence-corrected chi connectivity index (χ4v) is 4.83. The molecule has 9 heteroatoms. The maximum absolute atomic E-state index is 12.5. The van der Waals surface area contributed by atoms with Crippen LogP contribution in [0.4, 0.5) is 4.79 Å². The fraction of sp³-hybridized carbons (Fsp3) is 0.529. The normalized spacial score (nSPS) is 15.7. The third-order valence-corrected chi connectivity index (χ3v) is 6.38. The molecular weight excluding hydrogens is 424 g/mol. The summed E-state index contributed by atoms with van der Waals surface area (Å²) < 4.78 is 30.7. The predicted molar refractivity (Wildman–Crippen MR) is 101 cm³/mol. The number of piperazine rings is 1. The highest BCUT2D eigenvalue weighted by molar-refractivity contribution is 9.10. The van der Waals surface area contributed by atoms with Gasteiger partial charge in [-0.15, -0.1) is 0 Å². The monoisotopic (exact) mass is 446 g/mol. The van der Waals surface area contributed by atoms with Crippen LogP contribution in [0.5, 0.6) is 0 Å². The van der Waals surface area contributed by atoms with E-state index in [1.54, 1.807) is 39.0 Å². The van der Waals surface area contributed by atoms with Crippen molar-refractivity contribution < 1.29 is 22.7 Å². The maximum Gasteiger partial charge on any atom is 0.410 e. The Bertz CT molecular complexity index is 781. The topological polar surface area (TPSA) is 84.0 Å². The molecule has 1 aliphatic heterocycles. The summed E-state index contributed by atoms with van der Waals surface area (Å²) in [6, 6.07) is 6.41. The molecular formula is C17H23BrN2O5S. The summed E-state index contributed by atoms with van der Waals surface area (Å²) in [5, 5.41) is 0. The zero-order valence-electron chi connectivity index (χ0n) is 15.1. The molecule has 0 aliphatic carbocycles. The van der Waals surface area contributed by atoms with Gasteiger partial charge in [-0.3, -0.25) is 4.79 Å². The van der Waals surface area contributed by atoms with Crippen molar-refractivity contribution in [3.63, 3.8) is 0 Å².